The molecule has 0 saturated heterocycles. The van der Waals surface area contributed by atoms with Crippen molar-refractivity contribution in [3.63, 3.8) is 0 Å². The van der Waals surface area contributed by atoms with Crippen molar-refractivity contribution in [1.29, 1.82) is 0 Å². The smallest absolute Gasteiger partial charge is 0.344 e. The van der Waals surface area contributed by atoms with Gasteiger partial charge in [-0.25, -0.2) is 4.79 Å². The number of aryl methyl sites for hydroxylation is 2. The summed E-state index contributed by atoms with van der Waals surface area (Å²) >= 11 is 0. The molecular formula is C13H14N2O3. The molecule has 0 amide bonds. The van der Waals surface area contributed by atoms with E-state index >= 15 is 0 Å². The third kappa shape index (κ3) is 2.25. The first kappa shape index (κ1) is 12.3. The first-order chi connectivity index (χ1) is 8.63. The second kappa shape index (κ2) is 5.00. The number of hydrogen-bond donors (Lipinski definition) is 0. The predicted molar refractivity (Wildman–Crippen MR) is 65.2 cm³/mol. The van der Waals surface area contributed by atoms with Gasteiger partial charge in [0.25, 0.3) is 0 Å². The van der Waals surface area contributed by atoms with Gasteiger partial charge in [0.05, 0.1) is 6.61 Å². The number of rotatable bonds is 3. The average Bonchev–Trinajstić information content (AvgIpc) is 2.72. The van der Waals surface area contributed by atoms with E-state index in [1.165, 1.54) is 0 Å². The molecule has 18 heavy (non-hydrogen) atoms. The van der Waals surface area contributed by atoms with Gasteiger partial charge in [0.2, 0.25) is 0 Å². The van der Waals surface area contributed by atoms with Crippen molar-refractivity contribution < 1.29 is 14.1 Å². The summed E-state index contributed by atoms with van der Waals surface area (Å²) in [7, 11) is 0. The lowest BCUT2D eigenvalue weighted by molar-refractivity contribution is 0.0525. The molecule has 2 rings (SSSR count). The van der Waals surface area contributed by atoms with Crippen molar-refractivity contribution >= 4 is 5.97 Å². The number of carbonyl (C=O) groups excluding carboxylic acids is 1. The quantitative estimate of drug-likeness (QED) is 0.778. The zero-order valence-electron chi connectivity index (χ0n) is 10.6. The molecule has 2 aromatic heterocycles. The van der Waals surface area contributed by atoms with Crippen molar-refractivity contribution in [1.82, 2.24) is 10.1 Å². The molecule has 0 aromatic carbocycles. The lowest BCUT2D eigenvalue weighted by Gasteiger charge is -2.02. The van der Waals surface area contributed by atoms with Gasteiger partial charge < -0.3 is 9.26 Å². The number of esters is 1. The number of pyridine rings is 1. The summed E-state index contributed by atoms with van der Waals surface area (Å²) < 4.78 is 10.1. The molecule has 5 heteroatoms. The molecule has 0 bridgehead atoms. The maximum absolute atomic E-state index is 11.8. The maximum Gasteiger partial charge on any atom is 0.344 e. The minimum atomic E-state index is -0.424. The lowest BCUT2D eigenvalue weighted by atomic mass is 10.1. The molecule has 0 aliphatic rings. The van der Waals surface area contributed by atoms with Crippen LogP contribution in [0.2, 0.25) is 0 Å². The third-order valence-electron chi connectivity index (χ3n) is 2.53. The molecule has 0 fully saturated rings. The molecule has 2 heterocycles. The summed E-state index contributed by atoms with van der Waals surface area (Å²) in [6.45, 7) is 5.65. The SMILES string of the molecule is CCOC(=O)c1c(-c2ccc(C)nc2)noc1C. The highest BCUT2D eigenvalue weighted by molar-refractivity contribution is 5.96. The Labute approximate surface area is 105 Å². The molecule has 5 nitrogen and oxygen atoms in total. The standard InChI is InChI=1S/C13H14N2O3/c1-4-17-13(16)11-9(3)18-15-12(11)10-6-5-8(2)14-7-10/h5-7H,4H2,1-3H3. The second-order valence-corrected chi connectivity index (χ2v) is 3.87. The van der Waals surface area contributed by atoms with Crippen LogP contribution in [0.3, 0.4) is 0 Å². The predicted octanol–water partition coefficient (Wildman–Crippen LogP) is 2.53. The topological polar surface area (TPSA) is 65.2 Å². The Balaban J connectivity index is 2.45. The van der Waals surface area contributed by atoms with Crippen molar-refractivity contribution in [3.05, 3.63) is 35.3 Å². The van der Waals surface area contributed by atoms with Crippen molar-refractivity contribution in [2.45, 2.75) is 20.8 Å². The van der Waals surface area contributed by atoms with Gasteiger partial charge in [0, 0.05) is 17.5 Å². The number of hydrogen-bond acceptors (Lipinski definition) is 5. The van der Waals surface area contributed by atoms with Crippen LogP contribution in [0.4, 0.5) is 0 Å². The van der Waals surface area contributed by atoms with Crippen molar-refractivity contribution in [2.75, 3.05) is 6.61 Å². The summed E-state index contributed by atoms with van der Waals surface area (Å²) in [5.74, 6) is 0.0239. The van der Waals surface area contributed by atoms with Crippen LogP contribution in [0, 0.1) is 13.8 Å². The van der Waals surface area contributed by atoms with Gasteiger partial charge in [-0.05, 0) is 32.9 Å². The van der Waals surface area contributed by atoms with Crippen LogP contribution in [-0.4, -0.2) is 22.7 Å². The minimum Gasteiger partial charge on any atom is -0.462 e. The van der Waals surface area contributed by atoms with Crippen LogP contribution >= 0.6 is 0 Å². The van der Waals surface area contributed by atoms with Crippen LogP contribution in [0.25, 0.3) is 11.3 Å². The summed E-state index contributed by atoms with van der Waals surface area (Å²) in [5.41, 5.74) is 2.47. The van der Waals surface area contributed by atoms with E-state index in [4.69, 9.17) is 9.26 Å². The molecule has 94 valence electrons. The van der Waals surface area contributed by atoms with E-state index in [0.29, 0.717) is 23.6 Å². The molecule has 0 radical (unpaired) electrons. The summed E-state index contributed by atoms with van der Waals surface area (Å²) in [5, 5.41) is 3.90. The number of ether oxygens (including phenoxy) is 1. The van der Waals surface area contributed by atoms with Crippen LogP contribution < -0.4 is 0 Å². The molecule has 0 unspecified atom stereocenters. The van der Waals surface area contributed by atoms with E-state index in [1.807, 2.05) is 19.1 Å². The molecule has 0 spiro atoms. The van der Waals surface area contributed by atoms with Crippen molar-refractivity contribution in [3.8, 4) is 11.3 Å². The van der Waals surface area contributed by atoms with Crippen molar-refractivity contribution in [2.24, 2.45) is 0 Å². The van der Waals surface area contributed by atoms with Crippen LogP contribution in [0.5, 0.6) is 0 Å². The second-order valence-electron chi connectivity index (χ2n) is 3.87. The summed E-state index contributed by atoms with van der Waals surface area (Å²) in [4.78, 5) is 16.0. The zero-order valence-corrected chi connectivity index (χ0v) is 10.6. The van der Waals surface area contributed by atoms with E-state index in [0.717, 1.165) is 11.3 Å². The summed E-state index contributed by atoms with van der Waals surface area (Å²) in [6.07, 6.45) is 1.66. The Morgan fingerprint density at radius 3 is 2.78 bits per heavy atom. The Morgan fingerprint density at radius 2 is 2.17 bits per heavy atom. The van der Waals surface area contributed by atoms with Gasteiger partial charge in [0.1, 0.15) is 17.0 Å². The average molecular weight is 246 g/mol. The highest BCUT2D eigenvalue weighted by atomic mass is 16.5. The molecule has 2 aromatic rings. The van der Waals surface area contributed by atoms with Gasteiger partial charge in [0.15, 0.2) is 0 Å². The Morgan fingerprint density at radius 1 is 1.39 bits per heavy atom. The first-order valence-corrected chi connectivity index (χ1v) is 5.70. The number of nitrogens with zero attached hydrogens (tertiary/aromatic N) is 2. The molecule has 0 aliphatic heterocycles. The van der Waals surface area contributed by atoms with Gasteiger partial charge in [-0.1, -0.05) is 5.16 Å². The highest BCUT2D eigenvalue weighted by Gasteiger charge is 2.22. The maximum atomic E-state index is 11.8. The van der Waals surface area contributed by atoms with Crippen LogP contribution in [0.15, 0.2) is 22.9 Å². The van der Waals surface area contributed by atoms with Gasteiger partial charge in [-0.3, -0.25) is 4.98 Å². The van der Waals surface area contributed by atoms with E-state index in [9.17, 15) is 4.79 Å². The third-order valence-corrected chi connectivity index (χ3v) is 2.53. The summed E-state index contributed by atoms with van der Waals surface area (Å²) in [6, 6.07) is 3.70. The zero-order chi connectivity index (χ0) is 13.1. The van der Waals surface area contributed by atoms with E-state index in [1.54, 1.807) is 20.0 Å². The molecule has 0 saturated carbocycles. The Bertz CT molecular complexity index is 558. The Kier molecular flexibility index (Phi) is 3.41. The van der Waals surface area contributed by atoms with E-state index in [2.05, 4.69) is 10.1 Å². The largest absolute Gasteiger partial charge is 0.462 e. The van der Waals surface area contributed by atoms with Gasteiger partial charge in [-0.2, -0.15) is 0 Å². The lowest BCUT2D eigenvalue weighted by Crippen LogP contribution is -2.06. The fourth-order valence-electron chi connectivity index (χ4n) is 1.62. The number of carbonyl (C=O) groups is 1. The fraction of sp³-hybridized carbons (Fsp3) is 0.308. The number of aromatic nitrogens is 2. The van der Waals surface area contributed by atoms with Crippen LogP contribution in [-0.2, 0) is 4.74 Å². The normalized spacial score (nSPS) is 10.4. The van der Waals surface area contributed by atoms with Gasteiger partial charge in [-0.15, -0.1) is 0 Å². The highest BCUT2D eigenvalue weighted by Crippen LogP contribution is 2.25. The molecule has 0 atom stereocenters. The van der Waals surface area contributed by atoms with E-state index < -0.39 is 5.97 Å². The minimum absolute atomic E-state index is 0.315. The fourth-order valence-corrected chi connectivity index (χ4v) is 1.62. The van der Waals surface area contributed by atoms with Gasteiger partial charge >= 0.3 is 5.97 Å². The Hall–Kier alpha value is -2.17. The monoisotopic (exact) mass is 246 g/mol. The molecule has 0 N–H and O–H groups in total. The van der Waals surface area contributed by atoms with E-state index in [-0.39, 0.29) is 0 Å². The molecular weight excluding hydrogens is 232 g/mol. The molecule has 0 aliphatic carbocycles. The van der Waals surface area contributed by atoms with Crippen LogP contribution in [0.1, 0.15) is 28.7 Å². The first-order valence-electron chi connectivity index (χ1n) is 5.70.